The van der Waals surface area contributed by atoms with E-state index in [2.05, 4.69) is 4.74 Å². The summed E-state index contributed by atoms with van der Waals surface area (Å²) in [4.78, 5) is 10.3. The lowest BCUT2D eigenvalue weighted by atomic mass is 10.1. The first-order chi connectivity index (χ1) is 4.09. The molecule has 0 unspecified atom stereocenters. The molecule has 0 amide bonds. The molecular weight excluding hydrogens is 123 g/mol. The van der Waals surface area contributed by atoms with Crippen molar-refractivity contribution in [3.05, 3.63) is 11.4 Å². The van der Waals surface area contributed by atoms with Gasteiger partial charge >= 0.3 is 5.97 Å². The van der Waals surface area contributed by atoms with Crippen molar-refractivity contribution in [3.63, 3.8) is 0 Å². The third kappa shape index (κ3) is 2.07. The summed E-state index contributed by atoms with van der Waals surface area (Å²) in [6.45, 7) is 0. The highest BCUT2D eigenvalue weighted by atomic mass is 16.5. The number of rotatable bonds is 1. The maximum Gasteiger partial charge on any atom is 0.375 e. The Hall–Kier alpha value is -1.13. The number of carbonyl (C=O) groups excluding carboxylic acids is 1. The molecule has 0 saturated heterocycles. The zero-order chi connectivity index (χ0) is 7.44. The molecule has 9 heavy (non-hydrogen) atoms. The van der Waals surface area contributed by atoms with Crippen molar-refractivity contribution in [1.82, 2.24) is 0 Å². The number of carbonyl (C=O) groups is 1. The maximum atomic E-state index is 10.3. The van der Waals surface area contributed by atoms with Gasteiger partial charge in [-0.3, -0.25) is 0 Å². The summed E-state index contributed by atoms with van der Waals surface area (Å²) in [7, 11) is 2.30. The van der Waals surface area contributed by atoms with Crippen LogP contribution < -0.4 is 0 Å². The summed E-state index contributed by atoms with van der Waals surface area (Å²) in [5.74, 6) is -1.69. The van der Waals surface area contributed by atoms with Gasteiger partial charge in [0.25, 0.3) is 0 Å². The van der Waals surface area contributed by atoms with E-state index in [1.54, 1.807) is 0 Å². The van der Waals surface area contributed by atoms with E-state index in [0.29, 0.717) is 0 Å². The molecule has 0 bridgehead atoms. The average molecular weight is 130 g/mol. The highest BCUT2D eigenvalue weighted by molar-refractivity contribution is 6.22. The van der Waals surface area contributed by atoms with E-state index in [1.807, 2.05) is 0 Å². The normalized spacial score (nSPS) is 12.1. The van der Waals surface area contributed by atoms with Gasteiger partial charge in [0.15, 0.2) is 7.85 Å². The second-order valence-corrected chi connectivity index (χ2v) is 1.43. The van der Waals surface area contributed by atoms with Gasteiger partial charge in [0.05, 0.1) is 12.8 Å². The molecule has 0 atom stereocenters. The molecule has 0 rings (SSSR count). The fourth-order valence-corrected chi connectivity index (χ4v) is 0.244. The van der Waals surface area contributed by atoms with E-state index >= 15 is 0 Å². The number of hydrogen-bond donors (Lipinski definition) is 2. The summed E-state index contributed by atoms with van der Waals surface area (Å²) in [6.07, 6.45) is 0. The number of methoxy groups -OCH3 is 1. The van der Waals surface area contributed by atoms with Crippen molar-refractivity contribution < 1.29 is 19.7 Å². The van der Waals surface area contributed by atoms with Gasteiger partial charge in [0.1, 0.15) is 0 Å². The van der Waals surface area contributed by atoms with Crippen LogP contribution in [0.25, 0.3) is 0 Å². The number of esters is 1. The minimum absolute atomic E-state index is 0.443. The molecule has 0 aliphatic rings. The van der Waals surface area contributed by atoms with E-state index in [1.165, 1.54) is 7.85 Å². The van der Waals surface area contributed by atoms with Gasteiger partial charge in [0.2, 0.25) is 5.76 Å². The van der Waals surface area contributed by atoms with Crippen LogP contribution in [0.1, 0.15) is 0 Å². The second-order valence-electron chi connectivity index (χ2n) is 1.43. The second kappa shape index (κ2) is 3.01. The van der Waals surface area contributed by atoms with Crippen LogP contribution in [-0.2, 0) is 9.53 Å². The van der Waals surface area contributed by atoms with Crippen LogP contribution >= 0.6 is 0 Å². The first kappa shape index (κ1) is 7.87. The Balaban J connectivity index is 4.21. The molecule has 0 aliphatic carbocycles. The van der Waals surface area contributed by atoms with Gasteiger partial charge in [-0.05, 0) is 0 Å². The topological polar surface area (TPSA) is 66.8 Å². The SMILES string of the molecule is B/C(O)=C(/O)C(=O)OC. The minimum Gasteiger partial charge on any atom is -0.519 e. The first-order valence-electron chi connectivity index (χ1n) is 2.26. The molecule has 0 spiro atoms. The van der Waals surface area contributed by atoms with Gasteiger partial charge in [-0.2, -0.15) is 0 Å². The highest BCUT2D eigenvalue weighted by Gasteiger charge is 2.08. The zero-order valence-corrected chi connectivity index (χ0v) is 5.21. The lowest BCUT2D eigenvalue weighted by Crippen LogP contribution is -2.06. The lowest BCUT2D eigenvalue weighted by Gasteiger charge is -1.96. The molecular formula is C4H7BO4. The molecule has 5 heteroatoms. The standard InChI is InChI=1S/C4H7BO4/c1-9-4(8)2(6)3(5)7/h6-7H,5H2,1H3/b3-2-. The fraction of sp³-hybridized carbons (Fsp3) is 0.250. The van der Waals surface area contributed by atoms with E-state index in [9.17, 15) is 4.79 Å². The van der Waals surface area contributed by atoms with Gasteiger partial charge in [0, 0.05) is 0 Å². The summed E-state index contributed by atoms with van der Waals surface area (Å²) >= 11 is 0. The quantitative estimate of drug-likeness (QED) is 0.208. The third-order valence-corrected chi connectivity index (χ3v) is 0.721. The van der Waals surface area contributed by atoms with Gasteiger partial charge < -0.3 is 14.9 Å². The highest BCUT2D eigenvalue weighted by Crippen LogP contribution is 1.93. The number of ether oxygens (including phenoxy) is 1. The van der Waals surface area contributed by atoms with Gasteiger partial charge in [-0.1, -0.05) is 0 Å². The van der Waals surface area contributed by atoms with Crippen LogP contribution in [-0.4, -0.2) is 31.1 Å². The van der Waals surface area contributed by atoms with Gasteiger partial charge in [-0.25, -0.2) is 4.79 Å². The molecule has 0 aromatic carbocycles. The molecule has 50 valence electrons. The van der Waals surface area contributed by atoms with Crippen LogP contribution in [0.2, 0.25) is 0 Å². The molecule has 0 heterocycles. The molecule has 0 aliphatic heterocycles. The smallest absolute Gasteiger partial charge is 0.375 e. The lowest BCUT2D eigenvalue weighted by molar-refractivity contribution is -0.139. The third-order valence-electron chi connectivity index (χ3n) is 0.721. The fourth-order valence-electron chi connectivity index (χ4n) is 0.244. The Bertz CT molecular complexity index is 147. The Morgan fingerprint density at radius 2 is 2.00 bits per heavy atom. The Morgan fingerprint density at radius 1 is 1.56 bits per heavy atom. The predicted molar refractivity (Wildman–Crippen MR) is 32.8 cm³/mol. The summed E-state index contributed by atoms with van der Waals surface area (Å²) in [5, 5.41) is 17.0. The number of aliphatic hydroxyl groups excluding tert-OH is 2. The molecule has 2 N–H and O–H groups in total. The van der Waals surface area contributed by atoms with E-state index in [0.717, 1.165) is 7.11 Å². The van der Waals surface area contributed by atoms with Crippen molar-refractivity contribution in [2.24, 2.45) is 0 Å². The van der Waals surface area contributed by atoms with Crippen molar-refractivity contribution in [1.29, 1.82) is 0 Å². The van der Waals surface area contributed by atoms with Gasteiger partial charge in [-0.15, -0.1) is 0 Å². The Kier molecular flexibility index (Phi) is 2.64. The molecule has 4 nitrogen and oxygen atoms in total. The van der Waals surface area contributed by atoms with E-state index in [4.69, 9.17) is 10.2 Å². The van der Waals surface area contributed by atoms with Crippen LogP contribution in [0.3, 0.4) is 0 Å². The Morgan fingerprint density at radius 3 is 2.11 bits per heavy atom. The van der Waals surface area contributed by atoms with Crippen molar-refractivity contribution in [2.45, 2.75) is 0 Å². The molecule has 0 saturated carbocycles. The summed E-state index contributed by atoms with van der Waals surface area (Å²) < 4.78 is 4.07. The van der Waals surface area contributed by atoms with Crippen LogP contribution in [0.4, 0.5) is 0 Å². The largest absolute Gasteiger partial charge is 0.519 e. The maximum absolute atomic E-state index is 10.3. The monoisotopic (exact) mass is 130 g/mol. The van der Waals surface area contributed by atoms with Crippen molar-refractivity contribution in [3.8, 4) is 0 Å². The predicted octanol–water partition coefficient (Wildman–Crippen LogP) is -0.922. The first-order valence-corrected chi connectivity index (χ1v) is 2.26. The minimum atomic E-state index is -0.935. The van der Waals surface area contributed by atoms with E-state index in [-0.39, 0.29) is 0 Å². The van der Waals surface area contributed by atoms with Crippen LogP contribution in [0, 0.1) is 0 Å². The molecule has 0 fully saturated rings. The zero-order valence-electron chi connectivity index (χ0n) is 5.21. The molecule has 0 aromatic heterocycles. The molecule has 0 aromatic rings. The van der Waals surface area contributed by atoms with Crippen LogP contribution in [0.15, 0.2) is 11.4 Å². The summed E-state index contributed by atoms with van der Waals surface area (Å²) in [5.41, 5.74) is -0.443. The number of aliphatic hydroxyl groups is 2. The Labute approximate surface area is 53.2 Å². The summed E-state index contributed by atoms with van der Waals surface area (Å²) in [6, 6.07) is 0. The van der Waals surface area contributed by atoms with Crippen molar-refractivity contribution >= 4 is 13.8 Å². The van der Waals surface area contributed by atoms with Crippen LogP contribution in [0.5, 0.6) is 0 Å². The number of hydrogen-bond acceptors (Lipinski definition) is 4. The average Bonchev–Trinajstić information content (AvgIpc) is 1.84. The van der Waals surface area contributed by atoms with Crippen molar-refractivity contribution in [2.75, 3.05) is 7.11 Å². The van der Waals surface area contributed by atoms with E-state index < -0.39 is 17.4 Å². The molecule has 0 radical (unpaired) electrons.